The maximum atomic E-state index is 13.3. The van der Waals surface area contributed by atoms with Crippen molar-refractivity contribution in [3.8, 4) is 11.1 Å². The lowest BCUT2D eigenvalue weighted by Gasteiger charge is -2.27. The Bertz CT molecular complexity index is 1670. The van der Waals surface area contributed by atoms with Gasteiger partial charge in [-0.1, -0.05) is 18.2 Å². The van der Waals surface area contributed by atoms with Crippen molar-refractivity contribution in [2.24, 2.45) is 0 Å². The molecule has 0 spiro atoms. The third kappa shape index (κ3) is 4.96. The number of nitrogens with zero attached hydrogens (tertiary/aromatic N) is 8. The van der Waals surface area contributed by atoms with Crippen molar-refractivity contribution in [1.82, 2.24) is 34.3 Å². The summed E-state index contributed by atoms with van der Waals surface area (Å²) in [5.41, 5.74) is 3.58. The number of hydrogen-bond acceptors (Lipinski definition) is 8. The molecule has 0 radical (unpaired) electrons. The Morgan fingerprint density at radius 2 is 1.77 bits per heavy atom. The standard InChI is InChI=1S/C29H29FN8O2/c1-19(39)15-37-16-22(12-34-37)21-11-26-28(33-18-35-38(26)17-21)36-9-7-20(8-10-36)27-31-13-24(14-32-27)29(2,40)23-3-5-25(30)6-4-23/h3-7,11-14,16-19,39-40H,8-10,15H2,1-2H3/t19-,29?/m1/s1. The largest absolute Gasteiger partial charge is 0.391 e. The lowest BCUT2D eigenvalue weighted by Crippen LogP contribution is -2.30. The van der Waals surface area contributed by atoms with Gasteiger partial charge in [0.25, 0.3) is 0 Å². The maximum Gasteiger partial charge on any atom is 0.156 e. The van der Waals surface area contributed by atoms with Crippen molar-refractivity contribution >= 4 is 16.9 Å². The SMILES string of the molecule is C[C@@H](O)Cn1cc(-c2cc3c(N4CC=C(c5ncc(C(C)(O)c6ccc(F)cc6)cn5)CC4)ncnn3c2)cn1. The lowest BCUT2D eigenvalue weighted by atomic mass is 9.90. The van der Waals surface area contributed by atoms with E-state index in [-0.39, 0.29) is 5.82 Å². The van der Waals surface area contributed by atoms with Crippen molar-refractivity contribution < 1.29 is 14.6 Å². The fraction of sp³-hybridized carbons (Fsp3) is 0.276. The van der Waals surface area contributed by atoms with Crippen LogP contribution in [0.25, 0.3) is 22.2 Å². The summed E-state index contributed by atoms with van der Waals surface area (Å²) in [6.07, 6.45) is 12.8. The monoisotopic (exact) mass is 540 g/mol. The summed E-state index contributed by atoms with van der Waals surface area (Å²) >= 11 is 0. The molecule has 2 N–H and O–H groups in total. The van der Waals surface area contributed by atoms with Gasteiger partial charge in [-0.05, 0) is 49.6 Å². The van der Waals surface area contributed by atoms with Crippen LogP contribution in [0.5, 0.6) is 0 Å². The third-order valence-electron chi connectivity index (χ3n) is 7.22. The van der Waals surface area contributed by atoms with E-state index in [1.54, 1.807) is 55.6 Å². The molecule has 10 nitrogen and oxygen atoms in total. The van der Waals surface area contributed by atoms with Crippen LogP contribution in [0, 0.1) is 5.82 Å². The van der Waals surface area contributed by atoms with Crippen LogP contribution in [0.1, 0.15) is 37.2 Å². The van der Waals surface area contributed by atoms with Crippen LogP contribution in [0.3, 0.4) is 0 Å². The van der Waals surface area contributed by atoms with E-state index in [9.17, 15) is 14.6 Å². The number of aliphatic hydroxyl groups is 2. The number of rotatable bonds is 7. The molecular formula is C29H29FN8O2. The number of aliphatic hydroxyl groups excluding tert-OH is 1. The summed E-state index contributed by atoms with van der Waals surface area (Å²) in [5.74, 6) is 1.09. The molecule has 5 heterocycles. The van der Waals surface area contributed by atoms with Gasteiger partial charge in [-0.3, -0.25) is 4.68 Å². The van der Waals surface area contributed by atoms with Crippen molar-refractivity contribution in [3.63, 3.8) is 0 Å². The van der Waals surface area contributed by atoms with Gasteiger partial charge in [0.2, 0.25) is 0 Å². The second-order valence-electron chi connectivity index (χ2n) is 10.2. The van der Waals surface area contributed by atoms with E-state index in [1.165, 1.54) is 12.1 Å². The van der Waals surface area contributed by atoms with Crippen molar-refractivity contribution in [1.29, 1.82) is 0 Å². The molecule has 1 aromatic carbocycles. The first-order valence-corrected chi connectivity index (χ1v) is 13.1. The Morgan fingerprint density at radius 1 is 1.00 bits per heavy atom. The maximum absolute atomic E-state index is 13.3. The van der Waals surface area contributed by atoms with Gasteiger partial charge >= 0.3 is 0 Å². The molecule has 11 heteroatoms. The van der Waals surface area contributed by atoms with E-state index in [0.717, 1.165) is 41.0 Å². The minimum Gasteiger partial charge on any atom is -0.391 e. The number of halogens is 1. The zero-order chi connectivity index (χ0) is 27.9. The first-order chi connectivity index (χ1) is 19.3. The van der Waals surface area contributed by atoms with Crippen LogP contribution in [0.15, 0.2) is 73.7 Å². The topological polar surface area (TPSA) is 117 Å². The van der Waals surface area contributed by atoms with E-state index < -0.39 is 11.7 Å². The van der Waals surface area contributed by atoms with E-state index in [2.05, 4.69) is 36.1 Å². The smallest absolute Gasteiger partial charge is 0.156 e. The van der Waals surface area contributed by atoms with Crippen molar-refractivity contribution in [3.05, 3.63) is 96.5 Å². The molecule has 1 unspecified atom stereocenters. The number of aromatic nitrogens is 7. The molecule has 0 saturated heterocycles. The molecule has 204 valence electrons. The number of anilines is 1. The Morgan fingerprint density at radius 3 is 2.48 bits per heavy atom. The van der Waals surface area contributed by atoms with Gasteiger partial charge in [0, 0.05) is 54.6 Å². The van der Waals surface area contributed by atoms with E-state index in [0.29, 0.717) is 30.0 Å². The zero-order valence-electron chi connectivity index (χ0n) is 22.2. The fourth-order valence-corrected chi connectivity index (χ4v) is 4.95. The molecule has 1 aliphatic rings. The van der Waals surface area contributed by atoms with Gasteiger partial charge in [-0.2, -0.15) is 10.2 Å². The highest BCUT2D eigenvalue weighted by atomic mass is 19.1. The molecule has 0 fully saturated rings. The normalized spacial score (nSPS) is 16.1. The zero-order valence-corrected chi connectivity index (χ0v) is 22.2. The number of hydrogen-bond donors (Lipinski definition) is 2. The van der Waals surface area contributed by atoms with Crippen LogP contribution < -0.4 is 4.90 Å². The predicted octanol–water partition coefficient (Wildman–Crippen LogP) is 3.45. The van der Waals surface area contributed by atoms with Crippen LogP contribution in [0.2, 0.25) is 0 Å². The van der Waals surface area contributed by atoms with Crippen LogP contribution in [0.4, 0.5) is 10.2 Å². The van der Waals surface area contributed by atoms with Crippen LogP contribution >= 0.6 is 0 Å². The molecule has 0 bridgehead atoms. The van der Waals surface area contributed by atoms with Crippen LogP contribution in [-0.4, -0.2) is 63.8 Å². The third-order valence-corrected chi connectivity index (χ3v) is 7.22. The highest BCUT2D eigenvalue weighted by molar-refractivity contribution is 5.78. The molecule has 0 aliphatic carbocycles. The van der Waals surface area contributed by atoms with Gasteiger partial charge in [-0.15, -0.1) is 0 Å². The summed E-state index contributed by atoms with van der Waals surface area (Å²) < 4.78 is 16.9. The summed E-state index contributed by atoms with van der Waals surface area (Å²) in [7, 11) is 0. The van der Waals surface area contributed by atoms with Crippen LogP contribution in [-0.2, 0) is 12.1 Å². The molecule has 2 atom stereocenters. The van der Waals surface area contributed by atoms with E-state index >= 15 is 0 Å². The van der Waals surface area contributed by atoms with Gasteiger partial charge in [0.15, 0.2) is 11.6 Å². The predicted molar refractivity (Wildman–Crippen MR) is 148 cm³/mol. The Hall–Kier alpha value is -4.48. The Labute approximate surface area is 230 Å². The first-order valence-electron chi connectivity index (χ1n) is 13.1. The minimum atomic E-state index is -1.34. The Kier molecular flexibility index (Phi) is 6.60. The second-order valence-corrected chi connectivity index (χ2v) is 10.2. The minimum absolute atomic E-state index is 0.356. The molecular weight excluding hydrogens is 511 g/mol. The molecule has 6 rings (SSSR count). The van der Waals surface area contributed by atoms with E-state index in [4.69, 9.17) is 0 Å². The van der Waals surface area contributed by atoms with Crippen molar-refractivity contribution in [2.45, 2.75) is 38.5 Å². The van der Waals surface area contributed by atoms with E-state index in [1.807, 2.05) is 23.0 Å². The van der Waals surface area contributed by atoms with Gasteiger partial charge in [0.1, 0.15) is 23.3 Å². The Balaban J connectivity index is 1.19. The molecule has 4 aromatic heterocycles. The average molecular weight is 541 g/mol. The lowest BCUT2D eigenvalue weighted by molar-refractivity contribution is 0.101. The molecule has 1 aliphatic heterocycles. The summed E-state index contributed by atoms with van der Waals surface area (Å²) in [6, 6.07) is 7.82. The molecule has 0 saturated carbocycles. The fourth-order valence-electron chi connectivity index (χ4n) is 4.95. The number of fused-ring (bicyclic) bond motifs is 1. The summed E-state index contributed by atoms with van der Waals surface area (Å²) in [4.78, 5) is 15.8. The first kappa shape index (κ1) is 25.8. The van der Waals surface area contributed by atoms with Gasteiger partial charge in [0.05, 0.1) is 18.8 Å². The molecule has 0 amide bonds. The molecule has 5 aromatic rings. The summed E-state index contributed by atoms with van der Waals surface area (Å²) in [5, 5.41) is 29.4. The summed E-state index contributed by atoms with van der Waals surface area (Å²) in [6.45, 7) is 5.17. The second kappa shape index (κ2) is 10.2. The highest BCUT2D eigenvalue weighted by Crippen LogP contribution is 2.31. The molecule has 40 heavy (non-hydrogen) atoms. The highest BCUT2D eigenvalue weighted by Gasteiger charge is 2.27. The van der Waals surface area contributed by atoms with Gasteiger partial charge in [-0.25, -0.2) is 23.9 Å². The quantitative estimate of drug-likeness (QED) is 0.322. The van der Waals surface area contributed by atoms with Crippen molar-refractivity contribution in [2.75, 3.05) is 18.0 Å². The average Bonchev–Trinajstić information content (AvgIpc) is 3.60. The number of benzene rings is 1. The van der Waals surface area contributed by atoms with Gasteiger partial charge < -0.3 is 15.1 Å².